The van der Waals surface area contributed by atoms with Gasteiger partial charge in [-0.05, 0) is 32.1 Å². The molecule has 0 aromatic rings. The number of rotatable bonds is 52. The number of likely N-dealkylation sites (N-methyl/N-ethyl adjacent to an activating group) is 1. The first-order chi connectivity index (χ1) is 31.5. The highest BCUT2D eigenvalue weighted by Gasteiger charge is 2.27. The van der Waals surface area contributed by atoms with Gasteiger partial charge in [0.2, 0.25) is 5.91 Å². The molecule has 0 radical (unpaired) electrons. The monoisotopic (exact) mass is 940 g/mol. The van der Waals surface area contributed by atoms with Crippen LogP contribution in [0.5, 0.6) is 0 Å². The van der Waals surface area contributed by atoms with Crippen LogP contribution in [0.2, 0.25) is 0 Å². The smallest absolute Gasteiger partial charge is 0.387 e. The fourth-order valence-corrected chi connectivity index (χ4v) is 9.21. The minimum absolute atomic E-state index is 0.0585. The molecule has 3 atom stereocenters. The van der Waals surface area contributed by atoms with E-state index in [0.717, 1.165) is 38.5 Å². The van der Waals surface area contributed by atoms with Gasteiger partial charge in [-0.1, -0.05) is 263 Å². The van der Waals surface area contributed by atoms with Crippen molar-refractivity contribution in [3.8, 4) is 0 Å². The zero-order valence-electron chi connectivity index (χ0n) is 44.0. The van der Waals surface area contributed by atoms with Gasteiger partial charge in [-0.15, -0.1) is 0 Å². The third kappa shape index (κ3) is 50.7. The number of aliphatic hydroxyl groups is 1. The third-order valence-electron chi connectivity index (χ3n) is 12.9. The predicted molar refractivity (Wildman–Crippen MR) is 281 cm³/mol. The predicted octanol–water partition coefficient (Wildman–Crippen LogP) is 16.8. The van der Waals surface area contributed by atoms with Gasteiger partial charge in [0, 0.05) is 6.42 Å². The largest absolute Gasteiger partial charge is 0.472 e. The third-order valence-corrected chi connectivity index (χ3v) is 13.9. The van der Waals surface area contributed by atoms with Gasteiger partial charge in [-0.25, -0.2) is 4.57 Å². The molecular weight excluding hydrogens is 828 g/mol. The van der Waals surface area contributed by atoms with Gasteiger partial charge >= 0.3 is 7.82 Å². The van der Waals surface area contributed by atoms with Gasteiger partial charge in [-0.3, -0.25) is 13.8 Å². The number of allylic oxidation sites excluding steroid dienone is 3. The Balaban J connectivity index is 4.08. The van der Waals surface area contributed by atoms with Crippen LogP contribution in [-0.2, 0) is 18.4 Å². The molecule has 0 aromatic heterocycles. The molecule has 0 aliphatic heterocycles. The molecule has 0 rings (SSSR count). The molecule has 8 nitrogen and oxygen atoms in total. The molecule has 0 saturated heterocycles. The quantitative estimate of drug-likeness (QED) is 0.0243. The lowest BCUT2D eigenvalue weighted by molar-refractivity contribution is -0.870. The summed E-state index contributed by atoms with van der Waals surface area (Å²) in [7, 11) is 1.57. The molecule has 0 aliphatic carbocycles. The van der Waals surface area contributed by atoms with Crippen LogP contribution in [0.1, 0.15) is 277 Å². The van der Waals surface area contributed by atoms with Crippen LogP contribution in [0.4, 0.5) is 0 Å². The molecule has 3 unspecified atom stereocenters. The van der Waals surface area contributed by atoms with E-state index in [0.29, 0.717) is 17.4 Å². The first-order valence-electron chi connectivity index (χ1n) is 28.2. The molecule has 1 amide bonds. The Kier molecular flexibility index (Phi) is 47.3. The normalized spacial score (nSPS) is 14.1. The van der Waals surface area contributed by atoms with Crippen molar-refractivity contribution in [2.75, 3.05) is 40.9 Å². The number of carbonyl (C=O) groups is 1. The molecule has 386 valence electrons. The second-order valence-corrected chi connectivity index (χ2v) is 22.1. The Labute approximate surface area is 404 Å². The number of hydrogen-bond acceptors (Lipinski definition) is 5. The van der Waals surface area contributed by atoms with E-state index in [4.69, 9.17) is 9.05 Å². The van der Waals surface area contributed by atoms with Gasteiger partial charge in [0.05, 0.1) is 39.9 Å². The van der Waals surface area contributed by atoms with Gasteiger partial charge in [0.15, 0.2) is 0 Å². The molecule has 3 N–H and O–H groups in total. The number of amides is 1. The van der Waals surface area contributed by atoms with Crippen LogP contribution >= 0.6 is 7.82 Å². The maximum Gasteiger partial charge on any atom is 0.472 e. The minimum Gasteiger partial charge on any atom is -0.387 e. The van der Waals surface area contributed by atoms with Crippen LogP contribution in [0.15, 0.2) is 24.3 Å². The molecule has 0 heterocycles. The van der Waals surface area contributed by atoms with E-state index in [9.17, 15) is 19.4 Å². The Morgan fingerprint density at radius 1 is 0.508 bits per heavy atom. The number of carbonyl (C=O) groups excluding carboxylic acids is 1. The molecule has 0 spiro atoms. The summed E-state index contributed by atoms with van der Waals surface area (Å²) >= 11 is 0. The minimum atomic E-state index is -4.35. The summed E-state index contributed by atoms with van der Waals surface area (Å²) in [4.78, 5) is 23.2. The van der Waals surface area contributed by atoms with E-state index in [-0.39, 0.29) is 19.1 Å². The lowest BCUT2D eigenvalue weighted by atomic mass is 10.0. The summed E-state index contributed by atoms with van der Waals surface area (Å²) in [5.41, 5.74) is 0. The average Bonchev–Trinajstić information content (AvgIpc) is 3.26. The molecule has 0 bridgehead atoms. The number of phosphoric acid groups is 1. The van der Waals surface area contributed by atoms with Crippen molar-refractivity contribution >= 4 is 13.7 Å². The Morgan fingerprint density at radius 3 is 1.23 bits per heavy atom. The number of hydrogen-bond donors (Lipinski definition) is 3. The summed E-state index contributed by atoms with van der Waals surface area (Å²) in [6, 6.07) is -0.859. The lowest BCUT2D eigenvalue weighted by Gasteiger charge is -2.25. The van der Waals surface area contributed by atoms with Crippen LogP contribution in [-0.4, -0.2) is 73.4 Å². The van der Waals surface area contributed by atoms with Crippen molar-refractivity contribution in [2.24, 2.45) is 0 Å². The van der Waals surface area contributed by atoms with Crippen LogP contribution in [0.3, 0.4) is 0 Å². The first-order valence-corrected chi connectivity index (χ1v) is 29.7. The summed E-state index contributed by atoms with van der Waals surface area (Å²) in [6.07, 6.45) is 60.1. The SMILES string of the molecule is CCCCCCCCCC/C=C/CC/C=C/C(O)C(COP(=O)(O)OCC[N+](C)(C)C)NC(=O)CCCCCCCCCCCCCCCCCCCCCCCCCCCCCCC. The van der Waals surface area contributed by atoms with Crippen molar-refractivity contribution < 1.29 is 32.9 Å². The molecule has 9 heteroatoms. The number of quaternary nitrogens is 1. The first kappa shape index (κ1) is 64.0. The average molecular weight is 940 g/mol. The molecule has 0 saturated carbocycles. The highest BCUT2D eigenvalue weighted by molar-refractivity contribution is 7.47. The Hall–Kier alpha value is -1.02. The second-order valence-electron chi connectivity index (χ2n) is 20.7. The van der Waals surface area contributed by atoms with Crippen molar-refractivity contribution in [3.63, 3.8) is 0 Å². The standard InChI is InChI=1S/C56H111N2O6P/c1-6-8-10-12-14-16-18-20-22-23-24-25-26-27-28-29-30-31-32-33-34-35-36-38-40-42-44-46-48-50-56(60)57-54(53-64-65(61,62)63-52-51-58(3,4)5)55(59)49-47-45-43-41-39-37-21-19-17-15-13-11-9-7-2/h39,41,47,49,54-55,59H,6-38,40,42-46,48,50-53H2,1-5H3,(H-,57,60,61,62)/p+1/b41-39+,49-47+. The summed E-state index contributed by atoms with van der Waals surface area (Å²) in [5, 5.41) is 13.9. The topological polar surface area (TPSA) is 105 Å². The van der Waals surface area contributed by atoms with Crippen LogP contribution in [0.25, 0.3) is 0 Å². The maximum atomic E-state index is 12.9. The summed E-state index contributed by atoms with van der Waals surface area (Å²) < 4.78 is 23.6. The number of nitrogens with zero attached hydrogens (tertiary/aromatic N) is 1. The van der Waals surface area contributed by atoms with Crippen molar-refractivity contribution in [1.82, 2.24) is 5.32 Å². The van der Waals surface area contributed by atoms with Crippen molar-refractivity contribution in [2.45, 2.75) is 289 Å². The molecule has 65 heavy (non-hydrogen) atoms. The number of phosphoric ester groups is 1. The van der Waals surface area contributed by atoms with Crippen molar-refractivity contribution in [1.29, 1.82) is 0 Å². The van der Waals surface area contributed by atoms with E-state index in [1.54, 1.807) is 6.08 Å². The molecule has 0 fully saturated rings. The van der Waals surface area contributed by atoms with E-state index in [1.807, 2.05) is 27.2 Å². The van der Waals surface area contributed by atoms with E-state index in [1.165, 1.54) is 218 Å². The van der Waals surface area contributed by atoms with Crippen molar-refractivity contribution in [3.05, 3.63) is 24.3 Å². The molecule has 0 aromatic carbocycles. The van der Waals surface area contributed by atoms with E-state index in [2.05, 4.69) is 31.3 Å². The number of aliphatic hydroxyl groups excluding tert-OH is 1. The maximum absolute atomic E-state index is 12.9. The van der Waals surface area contributed by atoms with E-state index >= 15 is 0 Å². The summed E-state index contributed by atoms with van der Waals surface area (Å²) in [6.45, 7) is 4.82. The van der Waals surface area contributed by atoms with Crippen LogP contribution in [0, 0.1) is 0 Å². The zero-order valence-corrected chi connectivity index (χ0v) is 44.9. The molecular formula is C56H112N2O6P+. The zero-order chi connectivity index (χ0) is 47.8. The van der Waals surface area contributed by atoms with Gasteiger partial charge < -0.3 is 19.8 Å². The fraction of sp³-hybridized carbons (Fsp3) is 0.911. The van der Waals surface area contributed by atoms with E-state index < -0.39 is 20.0 Å². The second kappa shape index (κ2) is 48.0. The highest BCUT2D eigenvalue weighted by Crippen LogP contribution is 2.43. The van der Waals surface area contributed by atoms with Gasteiger partial charge in [-0.2, -0.15) is 0 Å². The lowest BCUT2D eigenvalue weighted by Crippen LogP contribution is -2.45. The number of nitrogens with one attached hydrogen (secondary N) is 1. The van der Waals surface area contributed by atoms with Gasteiger partial charge in [0.1, 0.15) is 13.2 Å². The van der Waals surface area contributed by atoms with Gasteiger partial charge in [0.25, 0.3) is 0 Å². The fourth-order valence-electron chi connectivity index (χ4n) is 8.47. The highest BCUT2D eigenvalue weighted by atomic mass is 31.2. The Morgan fingerprint density at radius 2 is 0.846 bits per heavy atom. The Bertz CT molecular complexity index is 1110. The molecule has 0 aliphatic rings. The number of unbranched alkanes of at least 4 members (excludes halogenated alkanes) is 37. The van der Waals surface area contributed by atoms with Crippen LogP contribution < -0.4 is 5.32 Å². The summed E-state index contributed by atoms with van der Waals surface area (Å²) in [5.74, 6) is -0.182.